The number of nitrogens with one attached hydrogen (secondary N) is 1. The van der Waals surface area contributed by atoms with E-state index in [9.17, 15) is 33.6 Å². The highest BCUT2D eigenvalue weighted by Crippen LogP contribution is 2.23. The second-order valence-electron chi connectivity index (χ2n) is 10.5. The molecule has 0 aromatic heterocycles. The van der Waals surface area contributed by atoms with Gasteiger partial charge in [-0.3, -0.25) is 28.8 Å². The highest BCUT2D eigenvalue weighted by Gasteiger charge is 2.41. The molecule has 17 heteroatoms. The molecule has 232 valence electrons. The molecule has 1 aliphatic rings. The van der Waals surface area contributed by atoms with Gasteiger partial charge in [-0.15, -0.1) is 5.06 Å². The molecule has 1 rings (SSSR count). The van der Waals surface area contributed by atoms with E-state index >= 15 is 0 Å². The molecular weight excluding hydrogens is 748 g/mol. The molecule has 0 aromatic carbocycles. The molecule has 1 saturated heterocycles. The molecule has 0 saturated carbocycles. The smallest absolute Gasteiger partial charge is 0.358 e. The number of carbonyl (C=O) groups excluding carboxylic acids is 7. The van der Waals surface area contributed by atoms with Crippen LogP contribution in [0, 0.1) is 0 Å². The number of halogens is 3. The van der Waals surface area contributed by atoms with Crippen LogP contribution in [0.25, 0.3) is 0 Å². The molecular formula is C24H33Br3N2O12. The van der Waals surface area contributed by atoms with Crippen LogP contribution in [-0.4, -0.2) is 98.2 Å². The Morgan fingerprint density at radius 2 is 1.07 bits per heavy atom. The molecule has 0 atom stereocenters. The Labute approximate surface area is 262 Å². The van der Waals surface area contributed by atoms with Crippen LogP contribution in [0.15, 0.2) is 0 Å². The number of hydroxylamine groups is 2. The Balaban J connectivity index is 3.07. The lowest BCUT2D eigenvalue weighted by Gasteiger charge is -2.35. The van der Waals surface area contributed by atoms with E-state index in [0.29, 0.717) is 5.06 Å². The van der Waals surface area contributed by atoms with Crippen LogP contribution in [0.5, 0.6) is 0 Å². The molecule has 41 heavy (non-hydrogen) atoms. The maximum Gasteiger partial charge on any atom is 0.358 e. The van der Waals surface area contributed by atoms with Gasteiger partial charge in [0.25, 0.3) is 11.8 Å². The maximum absolute atomic E-state index is 12.9. The summed E-state index contributed by atoms with van der Waals surface area (Å²) < 4.78 is 17.8. The number of hydrogen-bond donors (Lipinski definition) is 1. The van der Waals surface area contributed by atoms with Gasteiger partial charge in [-0.25, -0.2) is 4.79 Å². The minimum atomic E-state index is -1.79. The Morgan fingerprint density at radius 1 is 0.707 bits per heavy atom. The van der Waals surface area contributed by atoms with Crippen LogP contribution in [0.2, 0.25) is 0 Å². The molecule has 0 aromatic rings. The lowest BCUT2D eigenvalue weighted by atomic mass is 10.0. The van der Waals surface area contributed by atoms with Crippen molar-refractivity contribution in [1.29, 1.82) is 0 Å². The fourth-order valence-electron chi connectivity index (χ4n) is 2.70. The van der Waals surface area contributed by atoms with Gasteiger partial charge in [-0.2, -0.15) is 0 Å². The summed E-state index contributed by atoms with van der Waals surface area (Å²) in [7, 11) is 0. The van der Waals surface area contributed by atoms with Crippen molar-refractivity contribution in [2.75, 3.05) is 33.0 Å². The Kier molecular flexibility index (Phi) is 13.4. The number of nitrogens with zero attached hydrogens (tertiary/aromatic N) is 1. The zero-order valence-corrected chi connectivity index (χ0v) is 28.2. The first-order chi connectivity index (χ1) is 18.6. The molecule has 1 aliphatic heterocycles. The molecule has 3 amide bonds. The van der Waals surface area contributed by atoms with Crippen molar-refractivity contribution in [3.05, 3.63) is 0 Å². The van der Waals surface area contributed by atoms with Gasteiger partial charge in [0.05, 0.1) is 0 Å². The minimum absolute atomic E-state index is 0.0953. The van der Waals surface area contributed by atoms with E-state index < -0.39 is 93.1 Å². The van der Waals surface area contributed by atoms with Crippen LogP contribution in [0.3, 0.4) is 0 Å². The average molecular weight is 781 g/mol. The first-order valence-electron chi connectivity index (χ1n) is 12.1. The second-order valence-corrected chi connectivity index (χ2v) is 16.5. The van der Waals surface area contributed by atoms with Crippen molar-refractivity contribution in [3.8, 4) is 0 Å². The maximum atomic E-state index is 12.9. The second kappa shape index (κ2) is 14.9. The van der Waals surface area contributed by atoms with Gasteiger partial charge in [-0.1, -0.05) is 47.8 Å². The molecule has 0 spiro atoms. The van der Waals surface area contributed by atoms with E-state index in [4.69, 9.17) is 18.9 Å². The quantitative estimate of drug-likeness (QED) is 0.110. The lowest BCUT2D eigenvalue weighted by molar-refractivity contribution is -0.200. The largest absolute Gasteiger partial charge is 0.462 e. The summed E-state index contributed by atoms with van der Waals surface area (Å²) in [4.78, 5) is 90.1. The number of esters is 3. The molecule has 0 bridgehead atoms. The predicted molar refractivity (Wildman–Crippen MR) is 151 cm³/mol. The highest BCUT2D eigenvalue weighted by atomic mass is 79.9. The highest BCUT2D eigenvalue weighted by molar-refractivity contribution is 9.10. The van der Waals surface area contributed by atoms with Crippen LogP contribution >= 0.6 is 47.8 Å². The van der Waals surface area contributed by atoms with Crippen LogP contribution in [0.4, 0.5) is 0 Å². The van der Waals surface area contributed by atoms with Crippen molar-refractivity contribution in [2.45, 2.75) is 72.9 Å². The fourth-order valence-corrected chi connectivity index (χ4v) is 3.05. The predicted octanol–water partition coefficient (Wildman–Crippen LogP) is 1.62. The summed E-state index contributed by atoms with van der Waals surface area (Å²) in [5, 5.41) is 2.83. The van der Waals surface area contributed by atoms with E-state index in [-0.39, 0.29) is 12.8 Å². The van der Waals surface area contributed by atoms with E-state index in [1.807, 2.05) is 0 Å². The Bertz CT molecular complexity index is 954. The Morgan fingerprint density at radius 3 is 1.41 bits per heavy atom. The zero-order chi connectivity index (χ0) is 31.8. The van der Waals surface area contributed by atoms with Crippen molar-refractivity contribution in [1.82, 2.24) is 10.4 Å². The number of carbonyl (C=O) groups is 7. The molecule has 0 aliphatic carbocycles. The number of rotatable bonds is 15. The SMILES string of the molecule is CC(C)(Br)C(=O)OCC(COC(=O)C(C)(C)Br)(COC(=O)C(C)(C)Br)NC(=O)COCC(=O)ON1C(=O)CCC1=O. The van der Waals surface area contributed by atoms with Crippen LogP contribution in [-0.2, 0) is 57.3 Å². The van der Waals surface area contributed by atoms with E-state index in [1.54, 1.807) is 0 Å². The molecule has 0 radical (unpaired) electrons. The normalized spacial score (nSPS) is 14.4. The number of hydrogen-bond acceptors (Lipinski definition) is 12. The van der Waals surface area contributed by atoms with Crippen LogP contribution < -0.4 is 5.32 Å². The van der Waals surface area contributed by atoms with Gasteiger partial charge in [0.15, 0.2) is 0 Å². The molecule has 0 unspecified atom stereocenters. The monoisotopic (exact) mass is 778 g/mol. The van der Waals surface area contributed by atoms with Gasteiger partial charge < -0.3 is 29.1 Å². The zero-order valence-electron chi connectivity index (χ0n) is 23.4. The summed E-state index contributed by atoms with van der Waals surface area (Å²) >= 11 is 9.51. The topological polar surface area (TPSA) is 181 Å². The molecule has 1 fully saturated rings. The van der Waals surface area contributed by atoms with Gasteiger partial charge in [-0.05, 0) is 41.5 Å². The fraction of sp³-hybridized carbons (Fsp3) is 0.708. The Hall–Kier alpha value is -2.11. The lowest BCUT2D eigenvalue weighted by Crippen LogP contribution is -2.61. The summed E-state index contributed by atoms with van der Waals surface area (Å²) in [6.45, 7) is 5.77. The first kappa shape index (κ1) is 36.9. The third-order valence-electron chi connectivity index (χ3n) is 4.95. The van der Waals surface area contributed by atoms with Crippen molar-refractivity contribution >= 4 is 89.4 Å². The van der Waals surface area contributed by atoms with Crippen molar-refractivity contribution < 1.29 is 57.3 Å². The van der Waals surface area contributed by atoms with Crippen molar-refractivity contribution in [3.63, 3.8) is 0 Å². The van der Waals surface area contributed by atoms with E-state index in [0.717, 1.165) is 0 Å². The third-order valence-corrected chi connectivity index (χ3v) is 5.92. The van der Waals surface area contributed by atoms with E-state index in [2.05, 4.69) is 57.9 Å². The summed E-state index contributed by atoms with van der Waals surface area (Å²) in [5.74, 6) is -5.57. The molecule has 14 nitrogen and oxygen atoms in total. The molecule has 1 N–H and O–H groups in total. The van der Waals surface area contributed by atoms with Gasteiger partial charge in [0.1, 0.15) is 51.5 Å². The first-order valence-corrected chi connectivity index (χ1v) is 14.5. The van der Waals surface area contributed by atoms with Gasteiger partial charge >= 0.3 is 23.9 Å². The summed E-state index contributed by atoms with van der Waals surface area (Å²) in [6, 6.07) is 0. The summed E-state index contributed by atoms with van der Waals surface area (Å²) in [6.07, 6.45) is -0.191. The minimum Gasteiger partial charge on any atom is -0.462 e. The van der Waals surface area contributed by atoms with Gasteiger partial charge in [0.2, 0.25) is 5.91 Å². The number of amides is 3. The number of imide groups is 1. The number of ether oxygens (including phenoxy) is 4. The van der Waals surface area contributed by atoms with Crippen LogP contribution in [0.1, 0.15) is 54.4 Å². The standard InChI is InChI=1S/C24H33Br3N2O12/c1-21(2,25)18(34)38-11-24(12-39-19(35)22(3,4)26,13-40-20(36)23(5,6)27)28-14(30)9-37-10-17(33)41-29-15(31)7-8-16(29)32/h7-13H2,1-6H3,(H,28,30). The third kappa shape index (κ3) is 12.7. The van der Waals surface area contributed by atoms with Gasteiger partial charge in [0, 0.05) is 12.8 Å². The summed E-state index contributed by atoms with van der Waals surface area (Å²) in [5.41, 5.74) is -1.79. The molecule has 1 heterocycles. The van der Waals surface area contributed by atoms with E-state index in [1.165, 1.54) is 41.5 Å². The average Bonchev–Trinajstić information content (AvgIpc) is 3.14. The number of alkyl halides is 3. The van der Waals surface area contributed by atoms with Crippen molar-refractivity contribution in [2.24, 2.45) is 0 Å².